The van der Waals surface area contributed by atoms with E-state index in [0.717, 1.165) is 67.9 Å². The third-order valence-corrected chi connectivity index (χ3v) is 6.54. The normalized spacial score (nSPS) is 14.8. The van der Waals surface area contributed by atoms with E-state index >= 15 is 0 Å². The number of hydrogen-bond acceptors (Lipinski definition) is 6. The quantitative estimate of drug-likeness (QED) is 0.355. The molecule has 1 N–H and O–H groups in total. The number of amides is 1. The Bertz CT molecular complexity index is 1160. The topological polar surface area (TPSA) is 67.2 Å². The first-order valence-corrected chi connectivity index (χ1v) is 13.5. The molecule has 4 rings (SSSR count). The SMILES string of the molecule is CC(C)(C)OC(=O)N1CCN(CCOCCNCc2ccc3cc(CCc4ccc(F)cc4)oc3c2)CC1. The molecular weight excluding hydrogens is 485 g/mol. The average molecular weight is 526 g/mol. The molecule has 1 aliphatic rings. The van der Waals surface area contributed by atoms with Crippen LogP contribution in [0.2, 0.25) is 0 Å². The van der Waals surface area contributed by atoms with E-state index in [-0.39, 0.29) is 11.9 Å². The summed E-state index contributed by atoms with van der Waals surface area (Å²) in [7, 11) is 0. The van der Waals surface area contributed by atoms with Gasteiger partial charge in [-0.25, -0.2) is 9.18 Å². The van der Waals surface area contributed by atoms with Crippen molar-refractivity contribution in [2.45, 2.75) is 45.8 Å². The van der Waals surface area contributed by atoms with Gasteiger partial charge in [-0.1, -0.05) is 24.3 Å². The third kappa shape index (κ3) is 8.82. The number of hydrogen-bond donors (Lipinski definition) is 1. The fraction of sp³-hybridized carbons (Fsp3) is 0.500. The van der Waals surface area contributed by atoms with Crippen molar-refractivity contribution in [3.8, 4) is 0 Å². The number of carbonyl (C=O) groups excluding carboxylic acids is 1. The summed E-state index contributed by atoms with van der Waals surface area (Å²) in [6.07, 6.45) is 1.37. The molecule has 0 bridgehead atoms. The van der Waals surface area contributed by atoms with E-state index in [9.17, 15) is 9.18 Å². The van der Waals surface area contributed by atoms with Crippen LogP contribution >= 0.6 is 0 Å². The summed E-state index contributed by atoms with van der Waals surface area (Å²) in [5, 5.41) is 4.53. The number of carbonyl (C=O) groups is 1. The first kappa shape index (κ1) is 28.1. The van der Waals surface area contributed by atoms with Crippen LogP contribution in [0.3, 0.4) is 0 Å². The zero-order valence-electron chi connectivity index (χ0n) is 22.8. The van der Waals surface area contributed by atoms with Crippen LogP contribution in [0.1, 0.15) is 37.7 Å². The largest absolute Gasteiger partial charge is 0.461 e. The van der Waals surface area contributed by atoms with Crippen molar-refractivity contribution in [2.24, 2.45) is 0 Å². The van der Waals surface area contributed by atoms with Crippen molar-refractivity contribution in [3.63, 3.8) is 0 Å². The van der Waals surface area contributed by atoms with Crippen LogP contribution in [0.15, 0.2) is 52.9 Å². The van der Waals surface area contributed by atoms with E-state index < -0.39 is 5.60 Å². The molecular formula is C30H40FN3O4. The van der Waals surface area contributed by atoms with Gasteiger partial charge in [0.05, 0.1) is 13.2 Å². The number of aryl methyl sites for hydroxylation is 2. The van der Waals surface area contributed by atoms with Gasteiger partial charge in [0.1, 0.15) is 22.8 Å². The van der Waals surface area contributed by atoms with E-state index in [4.69, 9.17) is 13.9 Å². The van der Waals surface area contributed by atoms with Gasteiger partial charge in [0.2, 0.25) is 0 Å². The minimum Gasteiger partial charge on any atom is -0.461 e. The van der Waals surface area contributed by atoms with Gasteiger partial charge in [0, 0.05) is 57.6 Å². The van der Waals surface area contributed by atoms with Crippen LogP contribution in [0, 0.1) is 5.82 Å². The highest BCUT2D eigenvalue weighted by Gasteiger charge is 2.25. The van der Waals surface area contributed by atoms with Gasteiger partial charge in [-0.2, -0.15) is 0 Å². The predicted octanol–water partition coefficient (Wildman–Crippen LogP) is 5.02. The molecule has 1 amide bonds. The van der Waals surface area contributed by atoms with Crippen molar-refractivity contribution >= 4 is 17.1 Å². The van der Waals surface area contributed by atoms with Crippen molar-refractivity contribution in [3.05, 3.63) is 71.2 Å². The molecule has 1 saturated heterocycles. The zero-order valence-corrected chi connectivity index (χ0v) is 22.8. The molecule has 0 unspecified atom stereocenters. The number of benzene rings is 2. The zero-order chi connectivity index (χ0) is 27.0. The fourth-order valence-corrected chi connectivity index (χ4v) is 4.44. The summed E-state index contributed by atoms with van der Waals surface area (Å²) in [5.74, 6) is 0.728. The van der Waals surface area contributed by atoms with E-state index in [1.165, 1.54) is 17.7 Å². The molecule has 1 aromatic heterocycles. The molecule has 8 heteroatoms. The van der Waals surface area contributed by atoms with Crippen molar-refractivity contribution in [1.29, 1.82) is 0 Å². The van der Waals surface area contributed by atoms with Crippen LogP contribution in [0.5, 0.6) is 0 Å². The lowest BCUT2D eigenvalue weighted by molar-refractivity contribution is 0.0116. The van der Waals surface area contributed by atoms with Crippen LogP contribution in [0.4, 0.5) is 9.18 Å². The molecule has 2 heterocycles. The monoisotopic (exact) mass is 525 g/mol. The highest BCUT2D eigenvalue weighted by atomic mass is 19.1. The molecule has 0 radical (unpaired) electrons. The second-order valence-corrected chi connectivity index (χ2v) is 10.8. The Morgan fingerprint density at radius 1 is 0.974 bits per heavy atom. The first-order valence-electron chi connectivity index (χ1n) is 13.5. The molecule has 0 atom stereocenters. The maximum absolute atomic E-state index is 13.1. The van der Waals surface area contributed by atoms with Gasteiger partial charge >= 0.3 is 6.09 Å². The van der Waals surface area contributed by atoms with Crippen LogP contribution in [0.25, 0.3) is 11.0 Å². The summed E-state index contributed by atoms with van der Waals surface area (Å²) >= 11 is 0. The van der Waals surface area contributed by atoms with E-state index in [1.807, 2.05) is 32.9 Å². The molecule has 3 aromatic rings. The van der Waals surface area contributed by atoms with E-state index in [0.29, 0.717) is 26.3 Å². The lowest BCUT2D eigenvalue weighted by atomic mass is 10.1. The molecule has 206 valence electrons. The number of halogens is 1. The lowest BCUT2D eigenvalue weighted by Gasteiger charge is -2.35. The Labute approximate surface area is 224 Å². The first-order chi connectivity index (χ1) is 18.2. The van der Waals surface area contributed by atoms with E-state index in [2.05, 4.69) is 34.5 Å². The summed E-state index contributed by atoms with van der Waals surface area (Å²) in [5.41, 5.74) is 2.69. The molecule has 0 aliphatic carbocycles. The summed E-state index contributed by atoms with van der Waals surface area (Å²) in [4.78, 5) is 16.3. The van der Waals surface area contributed by atoms with Gasteiger partial charge in [0.25, 0.3) is 0 Å². The van der Waals surface area contributed by atoms with Crippen molar-refractivity contribution in [1.82, 2.24) is 15.1 Å². The summed E-state index contributed by atoms with van der Waals surface area (Å²) in [6.45, 7) is 12.4. The predicted molar refractivity (Wildman–Crippen MR) is 147 cm³/mol. The molecule has 1 fully saturated rings. The highest BCUT2D eigenvalue weighted by molar-refractivity contribution is 5.78. The summed E-state index contributed by atoms with van der Waals surface area (Å²) in [6, 6.07) is 15.0. The van der Waals surface area contributed by atoms with Gasteiger partial charge in [-0.05, 0) is 62.6 Å². The number of piperazine rings is 1. The van der Waals surface area contributed by atoms with Gasteiger partial charge in [-0.15, -0.1) is 0 Å². The Hall–Kier alpha value is -2.94. The maximum atomic E-state index is 13.1. The maximum Gasteiger partial charge on any atom is 0.410 e. The molecule has 38 heavy (non-hydrogen) atoms. The van der Waals surface area contributed by atoms with Crippen molar-refractivity contribution < 1.29 is 23.1 Å². The third-order valence-electron chi connectivity index (χ3n) is 6.54. The second kappa shape index (κ2) is 13.2. The number of nitrogens with zero attached hydrogens (tertiary/aromatic N) is 2. The molecule has 1 aliphatic heterocycles. The van der Waals surface area contributed by atoms with Gasteiger partial charge in [0.15, 0.2) is 0 Å². The lowest BCUT2D eigenvalue weighted by Crippen LogP contribution is -2.50. The van der Waals surface area contributed by atoms with E-state index in [1.54, 1.807) is 4.90 Å². The highest BCUT2D eigenvalue weighted by Crippen LogP contribution is 2.22. The van der Waals surface area contributed by atoms with Gasteiger partial charge in [-0.3, -0.25) is 4.90 Å². The molecule has 0 spiro atoms. The standard InChI is InChI=1S/C30H40FN3O4/c1-30(2,3)38-29(35)34-15-13-33(14-16-34)17-19-36-18-12-32-22-24-4-8-25-21-27(37-28(25)20-24)11-7-23-5-9-26(31)10-6-23/h4-6,8-10,20-21,32H,7,11-19,22H2,1-3H3. The van der Waals surface area contributed by atoms with Crippen LogP contribution < -0.4 is 5.32 Å². The molecule has 2 aromatic carbocycles. The Balaban J connectivity index is 1.08. The Morgan fingerprint density at radius 2 is 1.71 bits per heavy atom. The summed E-state index contributed by atoms with van der Waals surface area (Å²) < 4.78 is 30.4. The van der Waals surface area contributed by atoms with Crippen molar-refractivity contribution in [2.75, 3.05) is 52.5 Å². The number of rotatable bonds is 11. The second-order valence-electron chi connectivity index (χ2n) is 10.8. The van der Waals surface area contributed by atoms with Crippen LogP contribution in [-0.2, 0) is 28.9 Å². The molecule has 0 saturated carbocycles. The average Bonchev–Trinajstić information content (AvgIpc) is 3.29. The number of furan rings is 1. The number of nitrogens with one attached hydrogen (secondary N) is 1. The van der Waals surface area contributed by atoms with Gasteiger partial charge < -0.3 is 24.1 Å². The van der Waals surface area contributed by atoms with Crippen LogP contribution in [-0.4, -0.2) is 74.0 Å². The fourth-order valence-electron chi connectivity index (χ4n) is 4.44. The minimum absolute atomic E-state index is 0.211. The smallest absolute Gasteiger partial charge is 0.410 e. The number of fused-ring (bicyclic) bond motifs is 1. The Kier molecular flexibility index (Phi) is 9.77. The number of ether oxygens (including phenoxy) is 2. The Morgan fingerprint density at radius 3 is 2.45 bits per heavy atom. The minimum atomic E-state index is -0.460. The molecule has 7 nitrogen and oxygen atoms in total.